The Morgan fingerprint density at radius 1 is 0.909 bits per heavy atom. The smallest absolute Gasteiger partial charge is 0.175 e. The van der Waals surface area contributed by atoms with Crippen molar-refractivity contribution < 1.29 is 8.42 Å². The highest BCUT2D eigenvalue weighted by atomic mass is 32.2. The van der Waals surface area contributed by atoms with E-state index in [0.29, 0.717) is 4.90 Å². The molecule has 0 unspecified atom stereocenters. The van der Waals surface area contributed by atoms with Crippen molar-refractivity contribution in [3.8, 4) is 21.8 Å². The van der Waals surface area contributed by atoms with E-state index in [1.54, 1.807) is 35.6 Å². The molecular weight excluding hydrogens is 314 g/mol. The molecule has 0 aliphatic rings. The fourth-order valence-corrected chi connectivity index (χ4v) is 3.57. The lowest BCUT2D eigenvalue weighted by Gasteiger charge is -2.00. The predicted molar refractivity (Wildman–Crippen MR) is 90.8 cm³/mol. The number of aromatic nitrogens is 1. The minimum absolute atomic E-state index is 0.324. The molecule has 3 rings (SSSR count). The van der Waals surface area contributed by atoms with Gasteiger partial charge >= 0.3 is 0 Å². The number of benzene rings is 2. The normalized spacial score (nSPS) is 11.5. The molecular formula is C17H15NO2S2. The van der Waals surface area contributed by atoms with Gasteiger partial charge in [-0.25, -0.2) is 13.4 Å². The van der Waals surface area contributed by atoms with Crippen LogP contribution in [0.1, 0.15) is 5.56 Å². The molecule has 1 aromatic heterocycles. The van der Waals surface area contributed by atoms with E-state index in [4.69, 9.17) is 0 Å². The second-order valence-electron chi connectivity index (χ2n) is 5.20. The minimum Gasteiger partial charge on any atom is -0.236 e. The van der Waals surface area contributed by atoms with Crippen molar-refractivity contribution in [1.82, 2.24) is 4.98 Å². The Hall–Kier alpha value is -1.98. The number of nitrogens with zero attached hydrogens (tertiary/aromatic N) is 1. The molecule has 3 aromatic rings. The molecule has 0 saturated carbocycles. The monoisotopic (exact) mass is 329 g/mol. The van der Waals surface area contributed by atoms with Gasteiger partial charge in [0.15, 0.2) is 9.84 Å². The average molecular weight is 329 g/mol. The maximum atomic E-state index is 11.5. The molecule has 0 saturated heterocycles. The summed E-state index contributed by atoms with van der Waals surface area (Å²) in [6.45, 7) is 2.06. The number of aryl methyl sites for hydroxylation is 1. The highest BCUT2D eigenvalue weighted by molar-refractivity contribution is 7.90. The third-order valence-corrected chi connectivity index (χ3v) is 5.40. The van der Waals surface area contributed by atoms with E-state index in [9.17, 15) is 8.42 Å². The standard InChI is InChI=1S/C17H15NO2S2/c1-12-3-5-14(6-4-12)17-18-16(11-21-17)13-7-9-15(10-8-13)22(2,19)20/h3-11H,1-2H3. The molecule has 0 aliphatic carbocycles. The van der Waals surface area contributed by atoms with Crippen molar-refractivity contribution in [2.24, 2.45) is 0 Å². The summed E-state index contributed by atoms with van der Waals surface area (Å²) in [6.07, 6.45) is 1.21. The van der Waals surface area contributed by atoms with E-state index in [1.807, 2.05) is 5.38 Å². The summed E-state index contributed by atoms with van der Waals surface area (Å²) in [5.41, 5.74) is 4.09. The van der Waals surface area contributed by atoms with Crippen LogP contribution in [-0.4, -0.2) is 19.7 Å². The predicted octanol–water partition coefficient (Wildman–Crippen LogP) is 4.19. The highest BCUT2D eigenvalue weighted by Gasteiger charge is 2.09. The summed E-state index contributed by atoms with van der Waals surface area (Å²) in [5.74, 6) is 0. The van der Waals surface area contributed by atoms with Crippen LogP contribution in [0.4, 0.5) is 0 Å². The molecule has 3 nitrogen and oxygen atoms in total. The molecule has 112 valence electrons. The third kappa shape index (κ3) is 3.10. The van der Waals surface area contributed by atoms with Gasteiger partial charge in [-0.2, -0.15) is 0 Å². The number of rotatable bonds is 3. The fraction of sp³-hybridized carbons (Fsp3) is 0.118. The van der Waals surface area contributed by atoms with Gasteiger partial charge in [-0.15, -0.1) is 11.3 Å². The largest absolute Gasteiger partial charge is 0.236 e. The zero-order chi connectivity index (χ0) is 15.7. The molecule has 22 heavy (non-hydrogen) atoms. The van der Waals surface area contributed by atoms with Gasteiger partial charge in [0.25, 0.3) is 0 Å². The average Bonchev–Trinajstić information content (AvgIpc) is 2.97. The topological polar surface area (TPSA) is 47.0 Å². The number of sulfone groups is 1. The Kier molecular flexibility index (Phi) is 3.85. The number of thiazole rings is 1. The van der Waals surface area contributed by atoms with E-state index < -0.39 is 9.84 Å². The van der Waals surface area contributed by atoms with Gasteiger partial charge in [0.2, 0.25) is 0 Å². The molecule has 0 fully saturated rings. The molecule has 1 heterocycles. The van der Waals surface area contributed by atoms with E-state index in [2.05, 4.69) is 36.2 Å². The molecule has 0 spiro atoms. The van der Waals surface area contributed by atoms with Gasteiger partial charge < -0.3 is 0 Å². The minimum atomic E-state index is -3.16. The Bertz CT molecular complexity index is 893. The van der Waals surface area contributed by atoms with Crippen LogP contribution >= 0.6 is 11.3 Å². The molecule has 0 atom stereocenters. The van der Waals surface area contributed by atoms with Crippen LogP contribution in [0.5, 0.6) is 0 Å². The van der Waals surface area contributed by atoms with Crippen LogP contribution in [0.25, 0.3) is 21.8 Å². The lowest BCUT2D eigenvalue weighted by atomic mass is 10.1. The second kappa shape index (κ2) is 5.66. The van der Waals surface area contributed by atoms with E-state index in [0.717, 1.165) is 21.8 Å². The highest BCUT2D eigenvalue weighted by Crippen LogP contribution is 2.29. The molecule has 5 heteroatoms. The van der Waals surface area contributed by atoms with E-state index >= 15 is 0 Å². The van der Waals surface area contributed by atoms with Crippen molar-refractivity contribution >= 4 is 21.2 Å². The number of hydrogen-bond acceptors (Lipinski definition) is 4. The van der Waals surface area contributed by atoms with Crippen LogP contribution < -0.4 is 0 Å². The Morgan fingerprint density at radius 2 is 1.50 bits per heavy atom. The van der Waals surface area contributed by atoms with Crippen molar-refractivity contribution in [3.05, 3.63) is 59.5 Å². The summed E-state index contributed by atoms with van der Waals surface area (Å²) in [7, 11) is -3.16. The third-order valence-electron chi connectivity index (χ3n) is 3.38. The Labute approximate surface area is 134 Å². The van der Waals surface area contributed by atoms with E-state index in [1.165, 1.54) is 11.8 Å². The first-order valence-corrected chi connectivity index (χ1v) is 9.54. The quantitative estimate of drug-likeness (QED) is 0.724. The molecule has 0 N–H and O–H groups in total. The summed E-state index contributed by atoms with van der Waals surface area (Å²) >= 11 is 1.58. The first kappa shape index (κ1) is 14.9. The zero-order valence-electron chi connectivity index (χ0n) is 12.3. The van der Waals surface area contributed by atoms with Crippen LogP contribution in [0, 0.1) is 6.92 Å². The maximum absolute atomic E-state index is 11.5. The molecule has 0 aliphatic heterocycles. The van der Waals surface area contributed by atoms with Crippen molar-refractivity contribution in [2.75, 3.05) is 6.26 Å². The zero-order valence-corrected chi connectivity index (χ0v) is 13.9. The Morgan fingerprint density at radius 3 is 2.09 bits per heavy atom. The van der Waals surface area contributed by atoms with Crippen LogP contribution in [0.3, 0.4) is 0 Å². The summed E-state index contributed by atoms with van der Waals surface area (Å²) in [4.78, 5) is 4.97. The molecule has 0 amide bonds. The lowest BCUT2D eigenvalue weighted by molar-refractivity contribution is 0.602. The van der Waals surface area contributed by atoms with Crippen LogP contribution in [0.2, 0.25) is 0 Å². The van der Waals surface area contributed by atoms with Crippen LogP contribution in [-0.2, 0) is 9.84 Å². The molecule has 0 bridgehead atoms. The van der Waals surface area contributed by atoms with Crippen molar-refractivity contribution in [3.63, 3.8) is 0 Å². The first-order valence-electron chi connectivity index (χ1n) is 6.76. The van der Waals surface area contributed by atoms with Crippen LogP contribution in [0.15, 0.2) is 58.8 Å². The second-order valence-corrected chi connectivity index (χ2v) is 8.07. The molecule has 2 aromatic carbocycles. The van der Waals surface area contributed by atoms with Crippen molar-refractivity contribution in [1.29, 1.82) is 0 Å². The summed E-state index contributed by atoms with van der Waals surface area (Å²) < 4.78 is 23.0. The van der Waals surface area contributed by atoms with Gasteiger partial charge in [0.1, 0.15) is 5.01 Å². The lowest BCUT2D eigenvalue weighted by Crippen LogP contribution is -1.96. The first-order chi connectivity index (χ1) is 10.4. The Balaban J connectivity index is 1.92. The van der Waals surface area contributed by atoms with Gasteiger partial charge in [0.05, 0.1) is 10.6 Å². The van der Waals surface area contributed by atoms with Gasteiger partial charge in [-0.3, -0.25) is 0 Å². The SMILES string of the molecule is Cc1ccc(-c2nc(-c3ccc(S(C)(=O)=O)cc3)cs2)cc1. The van der Waals surface area contributed by atoms with E-state index in [-0.39, 0.29) is 0 Å². The maximum Gasteiger partial charge on any atom is 0.175 e. The fourth-order valence-electron chi connectivity index (χ4n) is 2.11. The number of hydrogen-bond donors (Lipinski definition) is 0. The van der Waals surface area contributed by atoms with Gasteiger partial charge in [-0.1, -0.05) is 42.0 Å². The van der Waals surface area contributed by atoms with Gasteiger partial charge in [-0.05, 0) is 19.1 Å². The summed E-state index contributed by atoms with van der Waals surface area (Å²) in [5, 5.41) is 2.95. The molecule has 0 radical (unpaired) electrons. The summed E-state index contributed by atoms with van der Waals surface area (Å²) in [6, 6.07) is 15.1. The van der Waals surface area contributed by atoms with Gasteiger partial charge in [0, 0.05) is 22.8 Å². The van der Waals surface area contributed by atoms with Crippen molar-refractivity contribution in [2.45, 2.75) is 11.8 Å².